The third-order valence-electron chi connectivity index (χ3n) is 3.92. The Morgan fingerprint density at radius 2 is 1.62 bits per heavy atom. The van der Waals surface area contributed by atoms with Crippen LogP contribution in [-0.4, -0.2) is 34.1 Å². The number of hydrogen-bond donors (Lipinski definition) is 2. The second-order valence-corrected chi connectivity index (χ2v) is 7.48. The predicted octanol–water partition coefficient (Wildman–Crippen LogP) is 4.67. The van der Waals surface area contributed by atoms with E-state index >= 15 is 0 Å². The molecule has 0 aliphatic rings. The van der Waals surface area contributed by atoms with E-state index in [1.54, 1.807) is 24.3 Å². The highest BCUT2D eigenvalue weighted by Gasteiger charge is 2.30. The standard InChI is InChI=1S/C21H17F3N4O3S/c1-13-2-4-14(5-3-13)20(30)26-17-10-11-19(28-27-17)32-12-18(29)25-15-6-8-16(9-7-15)31-21(22,23)24/h2-11H,12H2,1H3,(H,25,29)(H,26,27,30). The van der Waals surface area contributed by atoms with E-state index in [0.29, 0.717) is 16.3 Å². The van der Waals surface area contributed by atoms with E-state index < -0.39 is 6.36 Å². The molecule has 0 atom stereocenters. The Morgan fingerprint density at radius 3 is 2.22 bits per heavy atom. The number of ether oxygens (including phenoxy) is 1. The van der Waals surface area contributed by atoms with Gasteiger partial charge in [-0.05, 0) is 55.5 Å². The van der Waals surface area contributed by atoms with Crippen molar-refractivity contribution >= 4 is 35.1 Å². The van der Waals surface area contributed by atoms with Gasteiger partial charge in [-0.1, -0.05) is 29.5 Å². The smallest absolute Gasteiger partial charge is 0.406 e. The quantitative estimate of drug-likeness (QED) is 0.496. The Balaban J connectivity index is 1.46. The maximum atomic E-state index is 12.2. The monoisotopic (exact) mass is 462 g/mol. The number of aromatic nitrogens is 2. The fraction of sp³-hybridized carbons (Fsp3) is 0.143. The number of thioether (sulfide) groups is 1. The van der Waals surface area contributed by atoms with E-state index in [2.05, 4.69) is 25.6 Å². The minimum atomic E-state index is -4.78. The van der Waals surface area contributed by atoms with E-state index in [9.17, 15) is 22.8 Å². The Morgan fingerprint density at radius 1 is 0.938 bits per heavy atom. The third-order valence-corrected chi connectivity index (χ3v) is 4.84. The molecule has 2 amide bonds. The van der Waals surface area contributed by atoms with E-state index in [-0.39, 0.29) is 29.1 Å². The summed E-state index contributed by atoms with van der Waals surface area (Å²) in [6.45, 7) is 1.92. The summed E-state index contributed by atoms with van der Waals surface area (Å²) in [6.07, 6.45) is -4.78. The number of carbonyl (C=O) groups is 2. The van der Waals surface area contributed by atoms with Crippen molar-refractivity contribution in [3.05, 3.63) is 71.8 Å². The van der Waals surface area contributed by atoms with Crippen molar-refractivity contribution in [3.8, 4) is 5.75 Å². The predicted molar refractivity (Wildman–Crippen MR) is 114 cm³/mol. The normalized spacial score (nSPS) is 11.0. The second-order valence-electron chi connectivity index (χ2n) is 6.49. The number of nitrogens with one attached hydrogen (secondary N) is 2. The van der Waals surface area contributed by atoms with Gasteiger partial charge in [0.25, 0.3) is 5.91 Å². The molecule has 0 saturated carbocycles. The molecule has 0 aliphatic heterocycles. The van der Waals surface area contributed by atoms with Crippen molar-refractivity contribution < 1.29 is 27.5 Å². The number of amides is 2. The molecule has 166 valence electrons. The minimum absolute atomic E-state index is 0.00452. The van der Waals surface area contributed by atoms with Crippen molar-refractivity contribution in [1.82, 2.24) is 10.2 Å². The fourth-order valence-corrected chi connectivity index (χ4v) is 3.05. The van der Waals surface area contributed by atoms with E-state index in [1.807, 2.05) is 19.1 Å². The molecule has 1 aromatic heterocycles. The zero-order valence-corrected chi connectivity index (χ0v) is 17.5. The fourth-order valence-electron chi connectivity index (χ4n) is 2.43. The van der Waals surface area contributed by atoms with Gasteiger partial charge in [0.1, 0.15) is 10.8 Å². The number of alkyl halides is 3. The SMILES string of the molecule is Cc1ccc(C(=O)Nc2ccc(SCC(=O)Nc3ccc(OC(F)(F)F)cc3)nn2)cc1. The molecule has 32 heavy (non-hydrogen) atoms. The number of benzene rings is 2. The van der Waals surface area contributed by atoms with Gasteiger partial charge in [-0.3, -0.25) is 9.59 Å². The van der Waals surface area contributed by atoms with Gasteiger partial charge in [0.15, 0.2) is 5.82 Å². The molecule has 0 spiro atoms. The maximum absolute atomic E-state index is 12.2. The summed E-state index contributed by atoms with van der Waals surface area (Å²) < 4.78 is 40.3. The Kier molecular flexibility index (Phi) is 7.31. The van der Waals surface area contributed by atoms with Crippen LogP contribution in [0.1, 0.15) is 15.9 Å². The number of rotatable bonds is 7. The van der Waals surface area contributed by atoms with E-state index in [1.165, 1.54) is 12.1 Å². The molecule has 0 fully saturated rings. The van der Waals surface area contributed by atoms with Gasteiger partial charge < -0.3 is 15.4 Å². The third kappa shape index (κ3) is 7.27. The zero-order valence-electron chi connectivity index (χ0n) is 16.6. The summed E-state index contributed by atoms with van der Waals surface area (Å²) in [5.41, 5.74) is 1.86. The zero-order chi connectivity index (χ0) is 23.1. The lowest BCUT2D eigenvalue weighted by molar-refractivity contribution is -0.274. The highest BCUT2D eigenvalue weighted by Crippen LogP contribution is 2.24. The molecule has 3 rings (SSSR count). The molecule has 7 nitrogen and oxygen atoms in total. The lowest BCUT2D eigenvalue weighted by Gasteiger charge is -2.10. The molecule has 0 saturated heterocycles. The van der Waals surface area contributed by atoms with Crippen LogP contribution >= 0.6 is 11.8 Å². The van der Waals surface area contributed by atoms with E-state index in [0.717, 1.165) is 29.5 Å². The van der Waals surface area contributed by atoms with Gasteiger partial charge >= 0.3 is 6.36 Å². The summed E-state index contributed by atoms with van der Waals surface area (Å²) in [6, 6.07) is 15.1. The molecule has 0 radical (unpaired) electrons. The Labute approximate surface area is 185 Å². The summed E-state index contributed by atoms with van der Waals surface area (Å²) in [4.78, 5) is 24.2. The van der Waals surface area contributed by atoms with E-state index in [4.69, 9.17) is 0 Å². The summed E-state index contributed by atoms with van der Waals surface area (Å²) in [5, 5.41) is 13.5. The number of hydrogen-bond acceptors (Lipinski definition) is 6. The largest absolute Gasteiger partial charge is 0.573 e. The lowest BCUT2D eigenvalue weighted by atomic mass is 10.1. The number of halogens is 3. The van der Waals surface area contributed by atoms with Gasteiger partial charge in [0.05, 0.1) is 5.75 Å². The van der Waals surface area contributed by atoms with Gasteiger partial charge in [-0.25, -0.2) is 0 Å². The van der Waals surface area contributed by atoms with Gasteiger partial charge in [-0.15, -0.1) is 23.4 Å². The van der Waals surface area contributed by atoms with Crippen LogP contribution in [0.25, 0.3) is 0 Å². The first-order chi connectivity index (χ1) is 15.2. The van der Waals surface area contributed by atoms with Gasteiger partial charge in [0, 0.05) is 11.3 Å². The van der Waals surface area contributed by atoms with Crippen molar-refractivity contribution in [2.75, 3.05) is 16.4 Å². The lowest BCUT2D eigenvalue weighted by Crippen LogP contribution is -2.17. The van der Waals surface area contributed by atoms with Crippen LogP contribution in [0.5, 0.6) is 5.75 Å². The van der Waals surface area contributed by atoms with Crippen molar-refractivity contribution in [2.45, 2.75) is 18.3 Å². The molecule has 1 heterocycles. The first kappa shape index (κ1) is 23.1. The number of anilines is 2. The average molecular weight is 462 g/mol. The molecule has 11 heteroatoms. The van der Waals surface area contributed by atoms with Crippen LogP contribution in [0.3, 0.4) is 0 Å². The van der Waals surface area contributed by atoms with Crippen LogP contribution in [0.15, 0.2) is 65.7 Å². The molecule has 0 aliphatic carbocycles. The van der Waals surface area contributed by atoms with Crippen molar-refractivity contribution in [1.29, 1.82) is 0 Å². The van der Waals surface area contributed by atoms with Crippen LogP contribution in [0.2, 0.25) is 0 Å². The molecule has 0 unspecified atom stereocenters. The average Bonchev–Trinajstić information content (AvgIpc) is 2.74. The van der Waals surface area contributed by atoms with Gasteiger partial charge in [0.2, 0.25) is 5.91 Å². The van der Waals surface area contributed by atoms with Crippen LogP contribution in [-0.2, 0) is 4.79 Å². The molecule has 2 N–H and O–H groups in total. The molecular formula is C21H17F3N4O3S. The molecule has 2 aromatic carbocycles. The summed E-state index contributed by atoms with van der Waals surface area (Å²) in [7, 11) is 0. The highest BCUT2D eigenvalue weighted by atomic mass is 32.2. The van der Waals surface area contributed by atoms with Crippen LogP contribution < -0.4 is 15.4 Å². The number of aryl methyl sites for hydroxylation is 1. The minimum Gasteiger partial charge on any atom is -0.406 e. The summed E-state index contributed by atoms with van der Waals surface area (Å²) in [5.74, 6) is -0.797. The molecular weight excluding hydrogens is 445 g/mol. The topological polar surface area (TPSA) is 93.2 Å². The second kappa shape index (κ2) is 10.1. The molecule has 3 aromatic rings. The van der Waals surface area contributed by atoms with Crippen LogP contribution in [0, 0.1) is 6.92 Å². The Bertz CT molecular complexity index is 1070. The molecule has 0 bridgehead atoms. The van der Waals surface area contributed by atoms with Crippen molar-refractivity contribution in [2.24, 2.45) is 0 Å². The first-order valence-electron chi connectivity index (χ1n) is 9.18. The highest BCUT2D eigenvalue weighted by molar-refractivity contribution is 7.99. The van der Waals surface area contributed by atoms with Crippen molar-refractivity contribution in [3.63, 3.8) is 0 Å². The first-order valence-corrected chi connectivity index (χ1v) is 10.2. The number of nitrogens with zero attached hydrogens (tertiary/aromatic N) is 2. The summed E-state index contributed by atoms with van der Waals surface area (Å²) >= 11 is 1.11. The maximum Gasteiger partial charge on any atom is 0.573 e. The van der Waals surface area contributed by atoms with Crippen LogP contribution in [0.4, 0.5) is 24.7 Å². The van der Waals surface area contributed by atoms with Gasteiger partial charge in [-0.2, -0.15) is 0 Å². The Hall–Kier alpha value is -3.60. The number of carbonyl (C=O) groups excluding carboxylic acids is 2.